The highest BCUT2D eigenvalue weighted by molar-refractivity contribution is 5.23. The molecular formula is C15H22F2N2. The van der Waals surface area contributed by atoms with Gasteiger partial charge in [-0.3, -0.25) is 4.90 Å². The van der Waals surface area contributed by atoms with Gasteiger partial charge in [-0.05, 0) is 31.4 Å². The zero-order valence-corrected chi connectivity index (χ0v) is 11.4. The van der Waals surface area contributed by atoms with Crippen molar-refractivity contribution in [2.45, 2.75) is 32.2 Å². The molecule has 1 aliphatic rings. The molecule has 106 valence electrons. The number of nitrogens with zero attached hydrogens (tertiary/aromatic N) is 1. The Balaban J connectivity index is 2.14. The first kappa shape index (κ1) is 14.4. The Morgan fingerprint density at radius 2 is 2.21 bits per heavy atom. The van der Waals surface area contributed by atoms with E-state index in [0.717, 1.165) is 25.6 Å². The van der Waals surface area contributed by atoms with Crippen LogP contribution in [0.1, 0.15) is 37.8 Å². The Hall–Kier alpha value is -1.00. The highest BCUT2D eigenvalue weighted by Gasteiger charge is 2.29. The van der Waals surface area contributed by atoms with E-state index < -0.39 is 11.6 Å². The number of benzene rings is 1. The van der Waals surface area contributed by atoms with Crippen LogP contribution in [0.25, 0.3) is 0 Å². The summed E-state index contributed by atoms with van der Waals surface area (Å²) in [4.78, 5) is 2.19. The molecule has 0 aliphatic carbocycles. The van der Waals surface area contributed by atoms with Gasteiger partial charge in [-0.25, -0.2) is 8.78 Å². The maximum atomic E-state index is 13.9. The largest absolute Gasteiger partial charge is 0.329 e. The lowest BCUT2D eigenvalue weighted by Crippen LogP contribution is -2.33. The molecule has 1 aliphatic heterocycles. The lowest BCUT2D eigenvalue weighted by atomic mass is 10.0. The summed E-state index contributed by atoms with van der Waals surface area (Å²) in [7, 11) is 0. The zero-order valence-electron chi connectivity index (χ0n) is 11.4. The predicted molar refractivity (Wildman–Crippen MR) is 72.7 cm³/mol. The Morgan fingerprint density at radius 1 is 1.42 bits per heavy atom. The first-order valence-corrected chi connectivity index (χ1v) is 7.05. The summed E-state index contributed by atoms with van der Waals surface area (Å²) >= 11 is 0. The van der Waals surface area contributed by atoms with Crippen molar-refractivity contribution in [2.24, 2.45) is 11.7 Å². The second-order valence-corrected chi connectivity index (χ2v) is 5.33. The minimum atomic E-state index is -0.791. The van der Waals surface area contributed by atoms with Crippen molar-refractivity contribution in [3.05, 3.63) is 35.4 Å². The maximum Gasteiger partial charge on any atom is 0.163 e. The number of likely N-dealkylation sites (tertiary alicyclic amines) is 1. The van der Waals surface area contributed by atoms with Gasteiger partial charge in [-0.15, -0.1) is 0 Å². The van der Waals surface area contributed by atoms with Crippen LogP contribution in [0.15, 0.2) is 18.2 Å². The Kier molecular flexibility index (Phi) is 4.88. The highest BCUT2D eigenvalue weighted by atomic mass is 19.2. The molecule has 0 aromatic heterocycles. The fourth-order valence-electron chi connectivity index (χ4n) is 3.04. The van der Waals surface area contributed by atoms with Gasteiger partial charge in [0.25, 0.3) is 0 Å². The van der Waals surface area contributed by atoms with E-state index in [1.165, 1.54) is 12.8 Å². The topological polar surface area (TPSA) is 29.3 Å². The van der Waals surface area contributed by atoms with Crippen LogP contribution in [0.4, 0.5) is 8.78 Å². The third-order valence-corrected chi connectivity index (χ3v) is 4.02. The van der Waals surface area contributed by atoms with Crippen molar-refractivity contribution in [3.63, 3.8) is 0 Å². The Labute approximate surface area is 113 Å². The smallest absolute Gasteiger partial charge is 0.163 e. The van der Waals surface area contributed by atoms with Gasteiger partial charge in [0.05, 0.1) is 6.04 Å². The maximum absolute atomic E-state index is 13.9. The van der Waals surface area contributed by atoms with Crippen LogP contribution in [0.5, 0.6) is 0 Å². The molecule has 1 heterocycles. The third-order valence-electron chi connectivity index (χ3n) is 4.02. The fraction of sp³-hybridized carbons (Fsp3) is 0.600. The molecule has 1 saturated heterocycles. The lowest BCUT2D eigenvalue weighted by molar-refractivity contribution is 0.233. The van der Waals surface area contributed by atoms with Gasteiger partial charge >= 0.3 is 0 Å². The third kappa shape index (κ3) is 3.12. The molecule has 2 rings (SSSR count). The summed E-state index contributed by atoms with van der Waals surface area (Å²) < 4.78 is 27.2. The van der Waals surface area contributed by atoms with Crippen molar-refractivity contribution in [2.75, 3.05) is 19.6 Å². The van der Waals surface area contributed by atoms with Crippen LogP contribution >= 0.6 is 0 Å². The van der Waals surface area contributed by atoms with Crippen LogP contribution in [0.2, 0.25) is 0 Å². The highest BCUT2D eigenvalue weighted by Crippen LogP contribution is 2.30. The van der Waals surface area contributed by atoms with Gasteiger partial charge in [0.1, 0.15) is 0 Å². The van der Waals surface area contributed by atoms with Crippen molar-refractivity contribution < 1.29 is 8.78 Å². The van der Waals surface area contributed by atoms with E-state index in [4.69, 9.17) is 5.73 Å². The van der Waals surface area contributed by atoms with E-state index in [2.05, 4.69) is 11.8 Å². The van der Waals surface area contributed by atoms with Crippen LogP contribution in [0, 0.1) is 17.6 Å². The molecule has 2 nitrogen and oxygen atoms in total. The van der Waals surface area contributed by atoms with Gasteiger partial charge in [0.2, 0.25) is 0 Å². The summed E-state index contributed by atoms with van der Waals surface area (Å²) in [5.74, 6) is -0.882. The normalized spacial score (nSPS) is 21.8. The molecule has 19 heavy (non-hydrogen) atoms. The number of hydrogen-bond donors (Lipinski definition) is 1. The quantitative estimate of drug-likeness (QED) is 0.889. The van der Waals surface area contributed by atoms with E-state index >= 15 is 0 Å². The molecule has 0 spiro atoms. The molecule has 1 aromatic rings. The standard InChI is InChI=1S/C15H22F2N2/c1-2-4-11-7-8-19(10-11)14(9-18)12-5-3-6-13(16)15(12)17/h3,5-6,11,14H,2,4,7-10,18H2,1H3. The van der Waals surface area contributed by atoms with Gasteiger partial charge in [0.15, 0.2) is 11.6 Å². The van der Waals surface area contributed by atoms with Crippen LogP contribution in [0.3, 0.4) is 0 Å². The summed E-state index contributed by atoms with van der Waals surface area (Å²) in [6, 6.07) is 4.13. The van der Waals surface area contributed by atoms with Gasteiger partial charge in [-0.2, -0.15) is 0 Å². The molecular weight excluding hydrogens is 246 g/mol. The van der Waals surface area contributed by atoms with E-state index in [1.807, 2.05) is 0 Å². The van der Waals surface area contributed by atoms with E-state index in [0.29, 0.717) is 18.0 Å². The molecule has 1 fully saturated rings. The molecule has 0 saturated carbocycles. The minimum absolute atomic E-state index is 0.211. The monoisotopic (exact) mass is 268 g/mol. The van der Waals surface area contributed by atoms with Crippen LogP contribution < -0.4 is 5.73 Å². The molecule has 2 atom stereocenters. The molecule has 1 aromatic carbocycles. The van der Waals surface area contributed by atoms with Gasteiger partial charge < -0.3 is 5.73 Å². The van der Waals surface area contributed by atoms with E-state index in [1.54, 1.807) is 12.1 Å². The van der Waals surface area contributed by atoms with Gasteiger partial charge in [-0.1, -0.05) is 25.5 Å². The second kappa shape index (κ2) is 6.44. The molecule has 2 unspecified atom stereocenters. The summed E-state index contributed by atoms with van der Waals surface area (Å²) in [6.45, 7) is 4.35. The predicted octanol–water partition coefficient (Wildman–Crippen LogP) is 3.09. The summed E-state index contributed by atoms with van der Waals surface area (Å²) in [5.41, 5.74) is 6.18. The molecule has 4 heteroatoms. The van der Waals surface area contributed by atoms with Crippen LogP contribution in [-0.2, 0) is 0 Å². The van der Waals surface area contributed by atoms with E-state index in [9.17, 15) is 8.78 Å². The average molecular weight is 268 g/mol. The first-order valence-electron chi connectivity index (χ1n) is 7.05. The van der Waals surface area contributed by atoms with Crippen molar-refractivity contribution in [1.29, 1.82) is 0 Å². The number of halogens is 2. The molecule has 0 bridgehead atoms. The molecule has 0 radical (unpaired) electrons. The summed E-state index contributed by atoms with van der Waals surface area (Å²) in [6.07, 6.45) is 3.49. The zero-order chi connectivity index (χ0) is 13.8. The van der Waals surface area contributed by atoms with Crippen molar-refractivity contribution >= 4 is 0 Å². The lowest BCUT2D eigenvalue weighted by Gasteiger charge is -2.27. The number of hydrogen-bond acceptors (Lipinski definition) is 2. The number of rotatable bonds is 5. The SMILES string of the molecule is CCCC1CCN(C(CN)c2cccc(F)c2F)C1. The van der Waals surface area contributed by atoms with Gasteiger partial charge in [0, 0.05) is 18.7 Å². The fourth-order valence-corrected chi connectivity index (χ4v) is 3.04. The molecule has 0 amide bonds. The Morgan fingerprint density at radius 3 is 2.89 bits per heavy atom. The summed E-state index contributed by atoms with van der Waals surface area (Å²) in [5, 5.41) is 0. The minimum Gasteiger partial charge on any atom is -0.329 e. The van der Waals surface area contributed by atoms with Crippen molar-refractivity contribution in [3.8, 4) is 0 Å². The average Bonchev–Trinajstić information content (AvgIpc) is 2.84. The second-order valence-electron chi connectivity index (χ2n) is 5.33. The van der Waals surface area contributed by atoms with Crippen molar-refractivity contribution in [1.82, 2.24) is 4.90 Å². The Bertz CT molecular complexity index is 423. The molecule has 2 N–H and O–H groups in total. The number of nitrogens with two attached hydrogens (primary N) is 1. The first-order chi connectivity index (χ1) is 9.17. The van der Waals surface area contributed by atoms with Crippen LogP contribution in [-0.4, -0.2) is 24.5 Å². The van der Waals surface area contributed by atoms with E-state index in [-0.39, 0.29) is 6.04 Å².